The molecule has 0 saturated heterocycles. The molecule has 0 saturated carbocycles. The van der Waals surface area contributed by atoms with Crippen molar-refractivity contribution in [3.8, 4) is 11.4 Å². The van der Waals surface area contributed by atoms with Gasteiger partial charge in [-0.05, 0) is 49.4 Å². The highest BCUT2D eigenvalue weighted by Crippen LogP contribution is 2.28. The van der Waals surface area contributed by atoms with Crippen LogP contribution < -0.4 is 5.32 Å². The maximum absolute atomic E-state index is 13.9. The number of fused-ring (bicyclic) bond motifs is 1. The van der Waals surface area contributed by atoms with Gasteiger partial charge in [-0.25, -0.2) is 14.4 Å². The zero-order valence-corrected chi connectivity index (χ0v) is 14.5. The molecule has 0 spiro atoms. The summed E-state index contributed by atoms with van der Waals surface area (Å²) in [5.74, 6) is 0.370. The van der Waals surface area contributed by atoms with Gasteiger partial charge >= 0.3 is 0 Å². The van der Waals surface area contributed by atoms with E-state index in [1.54, 1.807) is 18.5 Å². The van der Waals surface area contributed by atoms with Crippen molar-refractivity contribution in [3.63, 3.8) is 0 Å². The molecule has 0 aliphatic heterocycles. The molecular formula is C21H15FN4O. The van der Waals surface area contributed by atoms with Gasteiger partial charge in [-0.3, -0.25) is 9.78 Å². The Bertz CT molecular complexity index is 1150. The Morgan fingerprint density at radius 2 is 1.78 bits per heavy atom. The fourth-order valence-electron chi connectivity index (χ4n) is 2.80. The standard InChI is InChI=1S/C21H15FN4O/c1-13(27)15-10-16(22)12-17(11-15)24-21-18-4-2-3-5-19(18)25-20(26-21)14-6-8-23-9-7-14/h2-12H,1H3,(H,24,25,26). The number of carbonyl (C=O) groups is 1. The molecule has 0 aliphatic carbocycles. The van der Waals surface area contributed by atoms with E-state index in [0.717, 1.165) is 16.5 Å². The smallest absolute Gasteiger partial charge is 0.162 e. The molecular weight excluding hydrogens is 343 g/mol. The lowest BCUT2D eigenvalue weighted by atomic mass is 10.1. The van der Waals surface area contributed by atoms with E-state index in [1.165, 1.54) is 19.1 Å². The van der Waals surface area contributed by atoms with E-state index < -0.39 is 5.82 Å². The molecule has 6 heteroatoms. The van der Waals surface area contributed by atoms with Crippen molar-refractivity contribution in [2.24, 2.45) is 0 Å². The van der Waals surface area contributed by atoms with Crippen molar-refractivity contribution in [3.05, 3.63) is 78.4 Å². The molecule has 0 amide bonds. The topological polar surface area (TPSA) is 67.8 Å². The van der Waals surface area contributed by atoms with Gasteiger partial charge in [0.1, 0.15) is 11.6 Å². The number of carbonyl (C=O) groups excluding carboxylic acids is 1. The summed E-state index contributed by atoms with van der Waals surface area (Å²) in [4.78, 5) is 24.9. The highest BCUT2D eigenvalue weighted by molar-refractivity contribution is 5.96. The van der Waals surface area contributed by atoms with E-state index in [2.05, 4.69) is 20.3 Å². The maximum Gasteiger partial charge on any atom is 0.162 e. The van der Waals surface area contributed by atoms with Crippen LogP contribution in [0.5, 0.6) is 0 Å². The predicted octanol–water partition coefficient (Wildman–Crippen LogP) is 4.78. The van der Waals surface area contributed by atoms with Gasteiger partial charge in [-0.15, -0.1) is 0 Å². The largest absolute Gasteiger partial charge is 0.339 e. The Morgan fingerprint density at radius 1 is 1.00 bits per heavy atom. The van der Waals surface area contributed by atoms with Crippen molar-refractivity contribution < 1.29 is 9.18 Å². The molecule has 2 aromatic carbocycles. The minimum absolute atomic E-state index is 0.206. The minimum Gasteiger partial charge on any atom is -0.339 e. The fraction of sp³-hybridized carbons (Fsp3) is 0.0476. The Balaban J connectivity index is 1.85. The molecule has 2 aromatic heterocycles. The molecule has 0 bridgehead atoms. The van der Waals surface area contributed by atoms with E-state index >= 15 is 0 Å². The number of nitrogens with zero attached hydrogens (tertiary/aromatic N) is 3. The number of ketones is 1. The number of halogens is 1. The van der Waals surface area contributed by atoms with Crippen LogP contribution in [0.2, 0.25) is 0 Å². The summed E-state index contributed by atoms with van der Waals surface area (Å²) in [6.07, 6.45) is 3.35. The first kappa shape index (κ1) is 16.8. The quantitative estimate of drug-likeness (QED) is 0.532. The number of benzene rings is 2. The van der Waals surface area contributed by atoms with E-state index in [1.807, 2.05) is 36.4 Å². The van der Waals surface area contributed by atoms with Crippen LogP contribution in [0.3, 0.4) is 0 Å². The van der Waals surface area contributed by atoms with Crippen molar-refractivity contribution in [2.75, 3.05) is 5.32 Å². The summed E-state index contributed by atoms with van der Waals surface area (Å²) in [5, 5.41) is 3.93. The number of pyridine rings is 1. The Labute approximate surface area is 154 Å². The van der Waals surface area contributed by atoms with Crippen molar-refractivity contribution in [2.45, 2.75) is 6.92 Å². The summed E-state index contributed by atoms with van der Waals surface area (Å²) < 4.78 is 13.9. The van der Waals surface area contributed by atoms with Crippen LogP contribution in [0.25, 0.3) is 22.3 Å². The monoisotopic (exact) mass is 358 g/mol. The summed E-state index contributed by atoms with van der Waals surface area (Å²) in [6.45, 7) is 1.40. The second-order valence-corrected chi connectivity index (χ2v) is 6.06. The first-order valence-corrected chi connectivity index (χ1v) is 8.36. The first-order valence-electron chi connectivity index (χ1n) is 8.36. The highest BCUT2D eigenvalue weighted by Gasteiger charge is 2.11. The lowest BCUT2D eigenvalue weighted by Gasteiger charge is -2.12. The van der Waals surface area contributed by atoms with Crippen LogP contribution in [0, 0.1) is 5.82 Å². The number of anilines is 2. The molecule has 2 heterocycles. The van der Waals surface area contributed by atoms with E-state index in [4.69, 9.17) is 0 Å². The Morgan fingerprint density at radius 3 is 2.56 bits per heavy atom. The van der Waals surface area contributed by atoms with Crippen LogP contribution in [-0.2, 0) is 0 Å². The van der Waals surface area contributed by atoms with Gasteiger partial charge in [0, 0.05) is 34.6 Å². The predicted molar refractivity (Wildman–Crippen MR) is 102 cm³/mol. The van der Waals surface area contributed by atoms with Gasteiger partial charge in [-0.1, -0.05) is 12.1 Å². The summed E-state index contributed by atoms with van der Waals surface area (Å²) in [7, 11) is 0. The second-order valence-electron chi connectivity index (χ2n) is 6.06. The third kappa shape index (κ3) is 3.50. The third-order valence-corrected chi connectivity index (χ3v) is 4.11. The lowest BCUT2D eigenvalue weighted by Crippen LogP contribution is -2.01. The summed E-state index contributed by atoms with van der Waals surface area (Å²) >= 11 is 0. The maximum atomic E-state index is 13.9. The molecule has 27 heavy (non-hydrogen) atoms. The molecule has 0 atom stereocenters. The van der Waals surface area contributed by atoms with Crippen molar-refractivity contribution in [1.82, 2.24) is 15.0 Å². The van der Waals surface area contributed by atoms with Crippen molar-refractivity contribution >= 4 is 28.2 Å². The molecule has 1 N–H and O–H groups in total. The van der Waals surface area contributed by atoms with Gasteiger partial charge in [0.2, 0.25) is 0 Å². The van der Waals surface area contributed by atoms with Gasteiger partial charge < -0.3 is 5.32 Å². The van der Waals surface area contributed by atoms with Crippen LogP contribution in [0.15, 0.2) is 67.0 Å². The number of para-hydroxylation sites is 1. The van der Waals surface area contributed by atoms with Crippen molar-refractivity contribution in [1.29, 1.82) is 0 Å². The Hall–Kier alpha value is -3.67. The van der Waals surface area contributed by atoms with Gasteiger partial charge in [0.05, 0.1) is 5.52 Å². The molecule has 5 nitrogen and oxygen atoms in total. The second kappa shape index (κ2) is 6.92. The van der Waals surface area contributed by atoms with E-state index in [-0.39, 0.29) is 5.78 Å². The number of Topliss-reactive ketones (excluding diaryl/α,β-unsaturated/α-hetero) is 1. The van der Waals surface area contributed by atoms with Crippen LogP contribution in [-0.4, -0.2) is 20.7 Å². The summed E-state index contributed by atoms with van der Waals surface area (Å²) in [6, 6.07) is 15.4. The third-order valence-electron chi connectivity index (χ3n) is 4.11. The van der Waals surface area contributed by atoms with Crippen LogP contribution >= 0.6 is 0 Å². The zero-order valence-electron chi connectivity index (χ0n) is 14.5. The molecule has 132 valence electrons. The normalized spacial score (nSPS) is 10.7. The number of hydrogen-bond acceptors (Lipinski definition) is 5. The molecule has 0 radical (unpaired) electrons. The van der Waals surface area contributed by atoms with Gasteiger partial charge in [0.15, 0.2) is 11.6 Å². The SMILES string of the molecule is CC(=O)c1cc(F)cc(Nc2nc(-c3ccncc3)nc3ccccc23)c1. The molecule has 4 aromatic rings. The lowest BCUT2D eigenvalue weighted by molar-refractivity contribution is 0.101. The number of rotatable bonds is 4. The number of hydrogen-bond donors (Lipinski definition) is 1. The first-order chi connectivity index (χ1) is 13.1. The van der Waals surface area contributed by atoms with Crippen LogP contribution in [0.4, 0.5) is 15.9 Å². The summed E-state index contributed by atoms with van der Waals surface area (Å²) in [5.41, 5.74) is 2.32. The highest BCUT2D eigenvalue weighted by atomic mass is 19.1. The number of aromatic nitrogens is 3. The molecule has 4 rings (SSSR count). The van der Waals surface area contributed by atoms with Crippen LogP contribution in [0.1, 0.15) is 17.3 Å². The molecule has 0 aliphatic rings. The average molecular weight is 358 g/mol. The Kier molecular flexibility index (Phi) is 4.30. The van der Waals surface area contributed by atoms with E-state index in [9.17, 15) is 9.18 Å². The molecule has 0 unspecified atom stereocenters. The molecule has 0 fully saturated rings. The number of nitrogens with one attached hydrogen (secondary N) is 1. The van der Waals surface area contributed by atoms with E-state index in [0.29, 0.717) is 22.9 Å². The average Bonchev–Trinajstić information content (AvgIpc) is 2.68. The van der Waals surface area contributed by atoms with Gasteiger partial charge in [0.25, 0.3) is 0 Å². The fourth-order valence-corrected chi connectivity index (χ4v) is 2.80. The van der Waals surface area contributed by atoms with Gasteiger partial charge in [-0.2, -0.15) is 0 Å². The minimum atomic E-state index is -0.488. The zero-order chi connectivity index (χ0) is 18.8.